The highest BCUT2D eigenvalue weighted by Gasteiger charge is 2.71. The van der Waals surface area contributed by atoms with Gasteiger partial charge < -0.3 is 29.8 Å². The third-order valence-electron chi connectivity index (χ3n) is 11.8. The molecule has 8 rings (SSSR count). The molecule has 9 nitrogen and oxygen atoms in total. The van der Waals surface area contributed by atoms with Crippen molar-refractivity contribution in [2.24, 2.45) is 0 Å². The van der Waals surface area contributed by atoms with E-state index in [1.165, 1.54) is 6.07 Å². The summed E-state index contributed by atoms with van der Waals surface area (Å²) in [5.74, 6) is -3.09. The van der Waals surface area contributed by atoms with Crippen LogP contribution < -0.4 is 20.9 Å². The van der Waals surface area contributed by atoms with Gasteiger partial charge in [0, 0.05) is 6.20 Å². The molecule has 1 aliphatic heterocycles. The first-order chi connectivity index (χ1) is 29.5. The fraction of sp³-hybridized carbons (Fsp3) is 0.200. The maximum Gasteiger partial charge on any atom is 0.351 e. The van der Waals surface area contributed by atoms with Crippen LogP contribution in [0.5, 0.6) is 11.5 Å². The van der Waals surface area contributed by atoms with Crippen LogP contribution in [-0.4, -0.2) is 52.6 Å². The number of rotatable bonds is 13. The first-order valence-electron chi connectivity index (χ1n) is 19.8. The van der Waals surface area contributed by atoms with Gasteiger partial charge in [0.1, 0.15) is 34.6 Å². The minimum Gasteiger partial charge on any atom is -0.497 e. The number of alkyl halides is 2. The molecule has 1 aromatic heterocycles. The van der Waals surface area contributed by atoms with Crippen molar-refractivity contribution in [1.82, 2.24) is 9.55 Å². The number of ether oxygens (including phenoxy) is 4. The molecule has 0 aliphatic carbocycles. The van der Waals surface area contributed by atoms with Gasteiger partial charge in [-0.25, -0.2) is 4.79 Å². The molecular weight excluding hydrogens is 777 g/mol. The number of nitrogens with two attached hydrogens (primary N) is 1. The number of aliphatic hydroxyl groups is 1. The predicted octanol–water partition coefficient (Wildman–Crippen LogP) is 8.54. The third-order valence-corrected chi connectivity index (χ3v) is 11.8. The van der Waals surface area contributed by atoms with E-state index in [0.29, 0.717) is 49.4 Å². The lowest BCUT2D eigenvalue weighted by molar-refractivity contribution is -0.219. The summed E-state index contributed by atoms with van der Waals surface area (Å²) in [5, 5.41) is 12.4. The van der Waals surface area contributed by atoms with Gasteiger partial charge in [-0.3, -0.25) is 4.57 Å². The summed E-state index contributed by atoms with van der Waals surface area (Å²) in [5.41, 5.74) is 3.24. The van der Waals surface area contributed by atoms with Crippen LogP contribution in [0.2, 0.25) is 0 Å². The van der Waals surface area contributed by atoms with E-state index in [1.807, 2.05) is 158 Å². The van der Waals surface area contributed by atoms with Crippen molar-refractivity contribution in [2.45, 2.75) is 47.9 Å². The SMILES string of the molecule is COc1ccc(C(OC(C)([C@H]2O[C@@H](n3ccc(N)nc3=O)C(F)(F)[C@@H]2O)C(c2ccccc2)(c2ccccc2)c2ccc(OC)cc2)(c2ccccc2)c2ccccc2)cc1. The van der Waals surface area contributed by atoms with Crippen molar-refractivity contribution in [3.63, 3.8) is 0 Å². The number of nitrogen functional groups attached to an aromatic ring is 1. The molecule has 1 unspecified atom stereocenters. The Morgan fingerprint density at radius 1 is 0.639 bits per heavy atom. The van der Waals surface area contributed by atoms with Crippen LogP contribution >= 0.6 is 0 Å². The quantitative estimate of drug-likeness (QED) is 0.111. The molecule has 1 saturated heterocycles. The van der Waals surface area contributed by atoms with Gasteiger partial charge in [0.15, 0.2) is 6.10 Å². The summed E-state index contributed by atoms with van der Waals surface area (Å²) < 4.78 is 61.1. The standard InChI is InChI=1S/C50H45F2N3O6/c1-47(44-43(56)50(51,52)45(60-44)55-33-32-42(53)54-46(55)57,48(34-16-8-4-9-17-34,35-18-10-5-11-19-35)36-24-28-40(58-2)29-25-36)61-49(37-20-12-6-13-21-37,38-22-14-7-15-23-38)39-26-30-41(59-3)31-27-39/h4-33,43-45,56H,1-3H3,(H2,53,54,57)/t43-,44+,45-,47?/m1/s1. The Morgan fingerprint density at radius 2 is 1.03 bits per heavy atom. The number of hydrogen-bond acceptors (Lipinski definition) is 8. The van der Waals surface area contributed by atoms with E-state index in [0.717, 1.165) is 6.20 Å². The second-order valence-corrected chi connectivity index (χ2v) is 15.1. The smallest absolute Gasteiger partial charge is 0.351 e. The van der Waals surface area contributed by atoms with Crippen LogP contribution in [0.4, 0.5) is 14.6 Å². The average molecular weight is 822 g/mol. The van der Waals surface area contributed by atoms with Crippen molar-refractivity contribution < 1.29 is 32.8 Å². The van der Waals surface area contributed by atoms with Gasteiger partial charge in [0.25, 0.3) is 0 Å². The Hall–Kier alpha value is -6.66. The number of hydrogen-bond donors (Lipinski definition) is 2. The summed E-state index contributed by atoms with van der Waals surface area (Å²) in [6, 6.07) is 53.7. The van der Waals surface area contributed by atoms with Gasteiger partial charge in [-0.1, -0.05) is 146 Å². The molecule has 6 aromatic carbocycles. The first kappa shape index (κ1) is 41.1. The second-order valence-electron chi connectivity index (χ2n) is 15.1. The maximum atomic E-state index is 17.2. The molecule has 61 heavy (non-hydrogen) atoms. The van der Waals surface area contributed by atoms with Crippen LogP contribution in [0.25, 0.3) is 0 Å². The van der Waals surface area contributed by atoms with Gasteiger partial charge in [0.05, 0.1) is 19.6 Å². The van der Waals surface area contributed by atoms with E-state index in [2.05, 4.69) is 4.98 Å². The summed E-state index contributed by atoms with van der Waals surface area (Å²) in [7, 11) is 3.14. The third kappa shape index (κ3) is 6.84. The Kier molecular flexibility index (Phi) is 11.1. The fourth-order valence-electron chi connectivity index (χ4n) is 9.03. The van der Waals surface area contributed by atoms with E-state index in [4.69, 9.17) is 24.7 Å². The van der Waals surface area contributed by atoms with E-state index >= 15 is 8.78 Å². The highest BCUT2D eigenvalue weighted by molar-refractivity contribution is 5.57. The monoisotopic (exact) mass is 821 g/mol. The molecule has 0 spiro atoms. The number of benzene rings is 6. The minimum atomic E-state index is -4.07. The van der Waals surface area contributed by atoms with Gasteiger partial charge in [-0.2, -0.15) is 13.8 Å². The molecule has 11 heteroatoms. The van der Waals surface area contributed by atoms with E-state index < -0.39 is 46.7 Å². The van der Waals surface area contributed by atoms with Crippen LogP contribution in [-0.2, 0) is 20.5 Å². The lowest BCUT2D eigenvalue weighted by Crippen LogP contribution is -2.65. The zero-order valence-electron chi connectivity index (χ0n) is 33.8. The van der Waals surface area contributed by atoms with Crippen LogP contribution in [0.3, 0.4) is 0 Å². The summed E-state index contributed by atoms with van der Waals surface area (Å²) >= 11 is 0. The Labute approximate surface area is 352 Å². The Morgan fingerprint density at radius 3 is 1.46 bits per heavy atom. The maximum absolute atomic E-state index is 17.2. The Balaban J connectivity index is 1.54. The summed E-state index contributed by atoms with van der Waals surface area (Å²) in [6.07, 6.45) is -5.67. The van der Waals surface area contributed by atoms with Gasteiger partial charge >= 0.3 is 11.6 Å². The van der Waals surface area contributed by atoms with Crippen LogP contribution in [0.1, 0.15) is 46.5 Å². The molecule has 0 saturated carbocycles. The van der Waals surface area contributed by atoms with Crippen molar-refractivity contribution in [1.29, 1.82) is 0 Å². The number of anilines is 1. The first-order valence-corrected chi connectivity index (χ1v) is 19.8. The second kappa shape index (κ2) is 16.4. The number of methoxy groups -OCH3 is 2. The summed E-state index contributed by atoms with van der Waals surface area (Å²) in [4.78, 5) is 17.1. The van der Waals surface area contributed by atoms with Crippen molar-refractivity contribution in [3.05, 3.63) is 226 Å². The number of nitrogens with zero attached hydrogens (tertiary/aromatic N) is 2. The van der Waals surface area contributed by atoms with Gasteiger partial charge in [-0.15, -0.1) is 0 Å². The van der Waals surface area contributed by atoms with Crippen LogP contribution in [0, 0.1) is 0 Å². The molecule has 0 bridgehead atoms. The van der Waals surface area contributed by atoms with Crippen molar-refractivity contribution in [3.8, 4) is 11.5 Å². The number of aliphatic hydroxyl groups excluding tert-OH is 1. The molecule has 4 atom stereocenters. The number of aromatic nitrogens is 2. The number of halogens is 2. The highest BCUT2D eigenvalue weighted by atomic mass is 19.3. The highest BCUT2D eigenvalue weighted by Crippen LogP contribution is 2.60. The molecule has 0 amide bonds. The predicted molar refractivity (Wildman–Crippen MR) is 229 cm³/mol. The normalized spacial score (nSPS) is 18.6. The lowest BCUT2D eigenvalue weighted by Gasteiger charge is -2.56. The molecule has 7 aromatic rings. The van der Waals surface area contributed by atoms with Crippen LogP contribution in [0.15, 0.2) is 187 Å². The minimum absolute atomic E-state index is 0.158. The molecule has 310 valence electrons. The molecule has 2 heterocycles. The zero-order chi connectivity index (χ0) is 42.8. The van der Waals surface area contributed by atoms with E-state index in [9.17, 15) is 9.90 Å². The average Bonchev–Trinajstić information content (AvgIpc) is 3.54. The fourth-order valence-corrected chi connectivity index (χ4v) is 9.03. The largest absolute Gasteiger partial charge is 0.497 e. The summed E-state index contributed by atoms with van der Waals surface area (Å²) in [6.45, 7) is 1.71. The molecule has 3 N–H and O–H groups in total. The molecule has 0 radical (unpaired) electrons. The topological polar surface area (TPSA) is 118 Å². The molecule has 1 fully saturated rings. The van der Waals surface area contributed by atoms with E-state index in [-0.39, 0.29) is 5.82 Å². The Bertz CT molecular complexity index is 2540. The molecule has 1 aliphatic rings. The zero-order valence-corrected chi connectivity index (χ0v) is 33.8. The van der Waals surface area contributed by atoms with Gasteiger partial charge in [-0.05, 0) is 70.6 Å². The van der Waals surface area contributed by atoms with Crippen molar-refractivity contribution in [2.75, 3.05) is 20.0 Å². The molecular formula is C50H45F2N3O6. The van der Waals surface area contributed by atoms with Crippen molar-refractivity contribution >= 4 is 5.82 Å². The van der Waals surface area contributed by atoms with E-state index in [1.54, 1.807) is 33.3 Å². The lowest BCUT2D eigenvalue weighted by atomic mass is 9.57. The van der Waals surface area contributed by atoms with Gasteiger partial charge in [0.2, 0.25) is 6.23 Å².